The molecule has 0 bridgehead atoms. The van der Waals surface area contributed by atoms with Crippen molar-refractivity contribution in [1.82, 2.24) is 9.97 Å². The van der Waals surface area contributed by atoms with Crippen LogP contribution in [0.25, 0.3) is 0 Å². The van der Waals surface area contributed by atoms with Gasteiger partial charge in [-0.25, -0.2) is 9.97 Å². The first kappa shape index (κ1) is 21.5. The summed E-state index contributed by atoms with van der Waals surface area (Å²) in [6.45, 7) is 0.736. The molecular formula is C22H24N2O3S2. The molecule has 0 aliphatic carbocycles. The van der Waals surface area contributed by atoms with E-state index in [1.54, 1.807) is 12.4 Å². The summed E-state index contributed by atoms with van der Waals surface area (Å²) in [6.07, 6.45) is 11.0. The van der Waals surface area contributed by atoms with Gasteiger partial charge in [0.05, 0.1) is 16.2 Å². The van der Waals surface area contributed by atoms with Crippen LogP contribution in [0.4, 0.5) is 0 Å². The van der Waals surface area contributed by atoms with Crippen LogP contribution < -0.4 is 4.74 Å². The predicted molar refractivity (Wildman–Crippen MR) is 118 cm³/mol. The van der Waals surface area contributed by atoms with Crippen LogP contribution in [0.5, 0.6) is 5.75 Å². The molecule has 1 N–H and O–H groups in total. The predicted octanol–water partition coefficient (Wildman–Crippen LogP) is 4.34. The Morgan fingerprint density at radius 3 is 2.59 bits per heavy atom. The summed E-state index contributed by atoms with van der Waals surface area (Å²) in [4.78, 5) is 19.2. The van der Waals surface area contributed by atoms with Crippen molar-refractivity contribution in [2.24, 2.45) is 0 Å². The van der Waals surface area contributed by atoms with Crippen molar-refractivity contribution in [1.29, 1.82) is 0 Å². The zero-order chi connectivity index (χ0) is 20.7. The summed E-state index contributed by atoms with van der Waals surface area (Å²) < 4.78 is 5.85. The molecule has 0 radical (unpaired) electrons. The van der Waals surface area contributed by atoms with Gasteiger partial charge in [-0.3, -0.25) is 4.79 Å². The highest BCUT2D eigenvalue weighted by atomic mass is 32.2. The molecule has 7 heteroatoms. The molecule has 0 saturated heterocycles. The van der Waals surface area contributed by atoms with E-state index in [1.807, 2.05) is 35.7 Å². The molecule has 5 nitrogen and oxygen atoms in total. The van der Waals surface area contributed by atoms with Crippen LogP contribution in [-0.4, -0.2) is 40.2 Å². The second-order valence-corrected chi connectivity index (χ2v) is 9.18. The Balaban J connectivity index is 1.69. The van der Waals surface area contributed by atoms with Crippen molar-refractivity contribution >= 4 is 29.5 Å². The number of fused-ring (bicyclic) bond motifs is 1. The average molecular weight is 429 g/mol. The fraction of sp³-hybridized carbons (Fsp3) is 0.409. The number of thioether (sulfide) groups is 2. The minimum Gasteiger partial charge on any atom is -0.493 e. The van der Waals surface area contributed by atoms with Crippen molar-refractivity contribution < 1.29 is 14.6 Å². The average Bonchev–Trinajstić information content (AvgIpc) is 2.75. The Morgan fingerprint density at radius 2 is 1.90 bits per heavy atom. The number of rotatable bonds is 7. The lowest BCUT2D eigenvalue weighted by atomic mass is 10.0. The van der Waals surface area contributed by atoms with E-state index in [1.165, 1.54) is 5.56 Å². The van der Waals surface area contributed by atoms with E-state index in [9.17, 15) is 4.79 Å². The third-order valence-corrected chi connectivity index (χ3v) is 8.00. The summed E-state index contributed by atoms with van der Waals surface area (Å²) in [5, 5.41) is 8.67. The van der Waals surface area contributed by atoms with Crippen molar-refractivity contribution in [2.45, 2.75) is 36.2 Å². The van der Waals surface area contributed by atoms with Gasteiger partial charge in [-0.2, -0.15) is 0 Å². The first-order valence-corrected chi connectivity index (χ1v) is 11.9. The molecule has 1 aromatic carbocycles. The Kier molecular flexibility index (Phi) is 7.45. The largest absolute Gasteiger partial charge is 0.493 e. The van der Waals surface area contributed by atoms with E-state index in [2.05, 4.69) is 40.4 Å². The summed E-state index contributed by atoms with van der Waals surface area (Å²) in [5.41, 5.74) is 2.90. The molecule has 1 aliphatic rings. The van der Waals surface area contributed by atoms with E-state index >= 15 is 0 Å². The standard InChI is InChI=1S/C22H24N2O3S2/c1-28-22(29-2)11-12-27-19-10-9-16(13-18(19)22)7-8-17-14-23-20(24-15-17)5-3-4-6-21(25)26/h9-10,13-15H,3-6,11-12H2,1-2H3,(H,25,26). The third-order valence-electron chi connectivity index (χ3n) is 4.84. The zero-order valence-electron chi connectivity index (χ0n) is 16.6. The topological polar surface area (TPSA) is 72.3 Å². The van der Waals surface area contributed by atoms with Crippen molar-refractivity contribution in [3.8, 4) is 17.6 Å². The fourth-order valence-electron chi connectivity index (χ4n) is 3.22. The number of hydrogen-bond acceptors (Lipinski definition) is 6. The van der Waals surface area contributed by atoms with Crippen LogP contribution >= 0.6 is 23.5 Å². The van der Waals surface area contributed by atoms with Gasteiger partial charge in [-0.1, -0.05) is 11.8 Å². The van der Waals surface area contributed by atoms with Crippen LogP contribution in [0.15, 0.2) is 30.6 Å². The molecule has 0 atom stereocenters. The third kappa shape index (κ3) is 5.46. The van der Waals surface area contributed by atoms with Gasteiger partial charge >= 0.3 is 5.97 Å². The summed E-state index contributed by atoms with van der Waals surface area (Å²) >= 11 is 3.70. The van der Waals surface area contributed by atoms with E-state index in [0.717, 1.165) is 42.1 Å². The monoisotopic (exact) mass is 428 g/mol. The number of hydrogen-bond donors (Lipinski definition) is 1. The quantitative estimate of drug-likeness (QED) is 0.400. The number of carboxylic acid groups (broad SMARTS) is 1. The van der Waals surface area contributed by atoms with Crippen LogP contribution in [0, 0.1) is 11.8 Å². The first-order chi connectivity index (χ1) is 14.1. The number of aliphatic carboxylic acids is 1. The van der Waals surface area contributed by atoms with Crippen LogP contribution in [0.2, 0.25) is 0 Å². The molecule has 0 amide bonds. The minimum absolute atomic E-state index is 0.0106. The molecular weight excluding hydrogens is 404 g/mol. The molecule has 0 fully saturated rings. The van der Waals surface area contributed by atoms with Gasteiger partial charge < -0.3 is 9.84 Å². The van der Waals surface area contributed by atoms with Crippen LogP contribution in [0.1, 0.15) is 48.2 Å². The van der Waals surface area contributed by atoms with E-state index < -0.39 is 5.97 Å². The molecule has 0 saturated carbocycles. The molecule has 0 unspecified atom stereocenters. The van der Waals surface area contributed by atoms with Gasteiger partial charge in [0.1, 0.15) is 11.6 Å². The Morgan fingerprint density at radius 1 is 1.17 bits per heavy atom. The lowest BCUT2D eigenvalue weighted by Gasteiger charge is -2.36. The number of ether oxygens (including phenoxy) is 1. The second-order valence-electron chi connectivity index (χ2n) is 6.71. The second kappa shape index (κ2) is 10.0. The maximum Gasteiger partial charge on any atom is 0.303 e. The molecule has 2 heterocycles. The number of nitrogens with zero attached hydrogens (tertiary/aromatic N) is 2. The highest BCUT2D eigenvalue weighted by Crippen LogP contribution is 2.52. The minimum atomic E-state index is -0.766. The van der Waals surface area contributed by atoms with Crippen molar-refractivity contribution in [3.05, 3.63) is 53.1 Å². The highest BCUT2D eigenvalue weighted by molar-refractivity contribution is 8.16. The molecule has 1 aromatic heterocycles. The lowest BCUT2D eigenvalue weighted by Crippen LogP contribution is -2.26. The number of benzene rings is 1. The number of carboxylic acids is 1. The zero-order valence-corrected chi connectivity index (χ0v) is 18.2. The summed E-state index contributed by atoms with van der Waals surface area (Å²) in [5.74, 6) is 7.24. The maximum atomic E-state index is 10.5. The molecule has 2 aromatic rings. The maximum absolute atomic E-state index is 10.5. The van der Waals surface area contributed by atoms with Gasteiger partial charge in [0.15, 0.2) is 0 Å². The number of unbranched alkanes of at least 4 members (excludes halogenated alkanes) is 1. The van der Waals surface area contributed by atoms with Gasteiger partial charge in [-0.05, 0) is 43.6 Å². The number of carbonyl (C=O) groups is 1. The molecule has 152 valence electrons. The van der Waals surface area contributed by atoms with Crippen molar-refractivity contribution in [2.75, 3.05) is 19.1 Å². The lowest BCUT2D eigenvalue weighted by molar-refractivity contribution is -0.137. The smallest absolute Gasteiger partial charge is 0.303 e. The normalized spacial score (nSPS) is 14.3. The molecule has 3 rings (SSSR count). The molecule has 1 aliphatic heterocycles. The Hall–Kier alpha value is -2.17. The highest BCUT2D eigenvalue weighted by Gasteiger charge is 2.36. The van der Waals surface area contributed by atoms with E-state index in [4.69, 9.17) is 9.84 Å². The van der Waals surface area contributed by atoms with Gasteiger partial charge in [0.2, 0.25) is 0 Å². The van der Waals surface area contributed by atoms with Gasteiger partial charge in [0, 0.05) is 42.8 Å². The van der Waals surface area contributed by atoms with Crippen molar-refractivity contribution in [3.63, 3.8) is 0 Å². The van der Waals surface area contributed by atoms with E-state index in [-0.39, 0.29) is 10.5 Å². The number of aryl methyl sites for hydroxylation is 1. The summed E-state index contributed by atoms with van der Waals surface area (Å²) in [6, 6.07) is 6.13. The van der Waals surface area contributed by atoms with Gasteiger partial charge in [-0.15, -0.1) is 23.5 Å². The van der Waals surface area contributed by atoms with Gasteiger partial charge in [0.25, 0.3) is 0 Å². The molecule has 0 spiro atoms. The van der Waals surface area contributed by atoms with Crippen LogP contribution in [0.3, 0.4) is 0 Å². The SMILES string of the molecule is CSC1(SC)CCOc2ccc(C#Cc3cnc(CCCCC(=O)O)nc3)cc21. The van der Waals surface area contributed by atoms with Crippen LogP contribution in [-0.2, 0) is 15.3 Å². The van der Waals surface area contributed by atoms with E-state index in [0.29, 0.717) is 12.8 Å². The number of aromatic nitrogens is 2. The Labute approximate surface area is 180 Å². The molecule has 29 heavy (non-hydrogen) atoms. The fourth-order valence-corrected chi connectivity index (χ4v) is 5.22. The summed E-state index contributed by atoms with van der Waals surface area (Å²) in [7, 11) is 0. The Bertz CT molecular complexity index is 916. The first-order valence-electron chi connectivity index (χ1n) is 9.48.